The average molecular weight is 278 g/mol. The Bertz CT molecular complexity index is 487. The van der Waals surface area contributed by atoms with Crippen molar-refractivity contribution in [2.45, 2.75) is 16.6 Å². The zero-order chi connectivity index (χ0) is 13.2. The molecular formula is C14H14O4S. The van der Waals surface area contributed by atoms with Crippen LogP contribution in [0.25, 0.3) is 0 Å². The molecule has 3 rings (SSSR count). The number of hydrogen-bond donors (Lipinski definition) is 0. The molecule has 0 spiro atoms. The van der Waals surface area contributed by atoms with Gasteiger partial charge in [0.2, 0.25) is 0 Å². The first-order valence-corrected chi connectivity index (χ1v) is 7.16. The fourth-order valence-electron chi connectivity index (χ4n) is 2.56. The second-order valence-corrected chi connectivity index (χ2v) is 6.09. The van der Waals surface area contributed by atoms with Crippen LogP contribution in [0.4, 0.5) is 0 Å². The van der Waals surface area contributed by atoms with Gasteiger partial charge in [-0.25, -0.2) is 0 Å². The van der Waals surface area contributed by atoms with Gasteiger partial charge < -0.3 is 9.47 Å². The Balaban J connectivity index is 1.73. The third-order valence-electron chi connectivity index (χ3n) is 3.49. The van der Waals surface area contributed by atoms with Gasteiger partial charge in [-0.3, -0.25) is 9.59 Å². The first-order chi connectivity index (χ1) is 9.24. The van der Waals surface area contributed by atoms with Crippen LogP contribution >= 0.6 is 11.8 Å². The molecule has 1 aromatic rings. The van der Waals surface area contributed by atoms with Crippen LogP contribution in [0.1, 0.15) is 6.42 Å². The van der Waals surface area contributed by atoms with Gasteiger partial charge >= 0.3 is 11.9 Å². The highest BCUT2D eigenvalue weighted by Gasteiger charge is 2.46. The molecule has 3 atom stereocenters. The Morgan fingerprint density at radius 1 is 1.05 bits per heavy atom. The maximum atomic E-state index is 11.9. The van der Waals surface area contributed by atoms with Crippen LogP contribution in [0.5, 0.6) is 0 Å². The van der Waals surface area contributed by atoms with Crippen LogP contribution in [0.3, 0.4) is 0 Å². The molecule has 0 radical (unpaired) electrons. The summed E-state index contributed by atoms with van der Waals surface area (Å²) in [4.78, 5) is 24.2. The lowest BCUT2D eigenvalue weighted by atomic mass is 9.90. The molecule has 2 aliphatic rings. The van der Waals surface area contributed by atoms with E-state index in [1.165, 1.54) is 0 Å². The SMILES string of the molecule is O=C1CC(C2C(=O)OCC2Sc2ccccc2)CO1. The van der Waals surface area contributed by atoms with Gasteiger partial charge in [0.05, 0.1) is 24.2 Å². The highest BCUT2D eigenvalue weighted by molar-refractivity contribution is 8.00. The second kappa shape index (κ2) is 5.25. The number of ether oxygens (including phenoxy) is 2. The van der Waals surface area contributed by atoms with Crippen molar-refractivity contribution in [3.63, 3.8) is 0 Å². The molecule has 2 aliphatic heterocycles. The molecule has 0 saturated carbocycles. The molecule has 0 aromatic heterocycles. The van der Waals surface area contributed by atoms with Crippen LogP contribution < -0.4 is 0 Å². The van der Waals surface area contributed by atoms with Crippen molar-refractivity contribution >= 4 is 23.7 Å². The van der Waals surface area contributed by atoms with E-state index in [-0.39, 0.29) is 29.0 Å². The predicted molar refractivity (Wildman–Crippen MR) is 69.6 cm³/mol. The van der Waals surface area contributed by atoms with E-state index in [0.29, 0.717) is 19.6 Å². The normalized spacial score (nSPS) is 30.2. The topological polar surface area (TPSA) is 52.6 Å². The van der Waals surface area contributed by atoms with E-state index in [4.69, 9.17) is 9.47 Å². The summed E-state index contributed by atoms with van der Waals surface area (Å²) in [7, 11) is 0. The maximum absolute atomic E-state index is 11.9. The van der Waals surface area contributed by atoms with Gasteiger partial charge in [-0.1, -0.05) is 18.2 Å². The van der Waals surface area contributed by atoms with Crippen molar-refractivity contribution in [3.05, 3.63) is 30.3 Å². The van der Waals surface area contributed by atoms with Gasteiger partial charge in [0, 0.05) is 10.8 Å². The predicted octanol–water partition coefficient (Wildman–Crippen LogP) is 1.88. The van der Waals surface area contributed by atoms with E-state index in [9.17, 15) is 9.59 Å². The highest BCUT2D eigenvalue weighted by atomic mass is 32.2. The van der Waals surface area contributed by atoms with Crippen molar-refractivity contribution in [3.8, 4) is 0 Å². The fraction of sp³-hybridized carbons (Fsp3) is 0.429. The van der Waals surface area contributed by atoms with Crippen molar-refractivity contribution < 1.29 is 19.1 Å². The highest BCUT2D eigenvalue weighted by Crippen LogP contribution is 2.39. The van der Waals surface area contributed by atoms with Gasteiger partial charge in [0.1, 0.15) is 6.61 Å². The first-order valence-electron chi connectivity index (χ1n) is 6.28. The zero-order valence-electron chi connectivity index (χ0n) is 10.3. The molecule has 3 unspecified atom stereocenters. The fourth-order valence-corrected chi connectivity index (χ4v) is 3.84. The number of cyclic esters (lactones) is 2. The average Bonchev–Trinajstić information content (AvgIpc) is 2.97. The minimum absolute atomic E-state index is 0.0382. The van der Waals surface area contributed by atoms with Crippen LogP contribution in [-0.2, 0) is 19.1 Å². The minimum Gasteiger partial charge on any atom is -0.465 e. The Morgan fingerprint density at radius 2 is 1.84 bits per heavy atom. The molecular weight excluding hydrogens is 264 g/mol. The third kappa shape index (κ3) is 2.61. The van der Waals surface area contributed by atoms with Crippen molar-refractivity contribution in [1.82, 2.24) is 0 Å². The summed E-state index contributed by atoms with van der Waals surface area (Å²) in [5.41, 5.74) is 0. The van der Waals surface area contributed by atoms with E-state index >= 15 is 0 Å². The Labute approximate surface area is 115 Å². The molecule has 0 aliphatic carbocycles. The molecule has 2 saturated heterocycles. The summed E-state index contributed by atoms with van der Waals surface area (Å²) >= 11 is 1.64. The molecule has 1 aromatic carbocycles. The Morgan fingerprint density at radius 3 is 2.53 bits per heavy atom. The number of benzene rings is 1. The molecule has 5 heteroatoms. The molecule has 4 nitrogen and oxygen atoms in total. The number of carbonyl (C=O) groups excluding carboxylic acids is 2. The van der Waals surface area contributed by atoms with Gasteiger partial charge in [-0.2, -0.15) is 0 Å². The van der Waals surface area contributed by atoms with E-state index in [1.807, 2.05) is 30.3 Å². The van der Waals surface area contributed by atoms with Crippen molar-refractivity contribution in [2.75, 3.05) is 13.2 Å². The molecule has 19 heavy (non-hydrogen) atoms. The molecule has 0 amide bonds. The number of hydrogen-bond acceptors (Lipinski definition) is 5. The van der Waals surface area contributed by atoms with Crippen molar-refractivity contribution in [1.29, 1.82) is 0 Å². The molecule has 2 heterocycles. The number of carbonyl (C=O) groups is 2. The van der Waals surface area contributed by atoms with E-state index in [2.05, 4.69) is 0 Å². The quantitative estimate of drug-likeness (QED) is 0.790. The van der Waals surface area contributed by atoms with Crippen LogP contribution in [-0.4, -0.2) is 30.4 Å². The molecule has 0 N–H and O–H groups in total. The lowest BCUT2D eigenvalue weighted by Gasteiger charge is -2.18. The van der Waals surface area contributed by atoms with Crippen LogP contribution in [0.2, 0.25) is 0 Å². The lowest BCUT2D eigenvalue weighted by Crippen LogP contribution is -2.27. The smallest absolute Gasteiger partial charge is 0.310 e. The summed E-state index contributed by atoms with van der Waals surface area (Å²) in [6, 6.07) is 9.93. The summed E-state index contributed by atoms with van der Waals surface area (Å²) < 4.78 is 10.1. The van der Waals surface area contributed by atoms with Gasteiger partial charge in [-0.05, 0) is 12.1 Å². The Kier molecular flexibility index (Phi) is 3.46. The third-order valence-corrected chi connectivity index (χ3v) is 4.76. The van der Waals surface area contributed by atoms with Crippen molar-refractivity contribution in [2.24, 2.45) is 11.8 Å². The first kappa shape index (κ1) is 12.5. The van der Waals surface area contributed by atoms with Gasteiger partial charge in [0.15, 0.2) is 0 Å². The standard InChI is InChI=1S/C14H14O4S/c15-12-6-9(7-17-12)13-11(8-18-14(13)16)19-10-4-2-1-3-5-10/h1-5,9,11,13H,6-8H2. The molecule has 0 bridgehead atoms. The lowest BCUT2D eigenvalue weighted by molar-refractivity contribution is -0.142. The van der Waals surface area contributed by atoms with Gasteiger partial charge in [0.25, 0.3) is 0 Å². The largest absolute Gasteiger partial charge is 0.465 e. The summed E-state index contributed by atoms with van der Waals surface area (Å²) in [5.74, 6) is -0.690. The number of rotatable bonds is 3. The van der Waals surface area contributed by atoms with Gasteiger partial charge in [-0.15, -0.1) is 11.8 Å². The summed E-state index contributed by atoms with van der Waals surface area (Å²) in [5, 5.41) is 0.0643. The van der Waals surface area contributed by atoms with Crippen LogP contribution in [0.15, 0.2) is 35.2 Å². The monoisotopic (exact) mass is 278 g/mol. The summed E-state index contributed by atoms with van der Waals surface area (Å²) in [6.45, 7) is 0.748. The molecule has 100 valence electrons. The Hall–Kier alpha value is -1.49. The minimum atomic E-state index is -0.239. The van der Waals surface area contributed by atoms with E-state index in [0.717, 1.165) is 4.90 Å². The van der Waals surface area contributed by atoms with Crippen LogP contribution in [0, 0.1) is 11.8 Å². The van der Waals surface area contributed by atoms with E-state index < -0.39 is 0 Å². The summed E-state index contributed by atoms with van der Waals surface area (Å²) in [6.07, 6.45) is 0.325. The zero-order valence-corrected chi connectivity index (χ0v) is 11.1. The maximum Gasteiger partial charge on any atom is 0.310 e. The van der Waals surface area contributed by atoms with E-state index in [1.54, 1.807) is 11.8 Å². The molecule has 2 fully saturated rings. The number of esters is 2. The second-order valence-electron chi connectivity index (χ2n) is 4.77. The number of thioether (sulfide) groups is 1.